The van der Waals surface area contributed by atoms with Gasteiger partial charge in [0.25, 0.3) is 5.91 Å². The molecule has 1 aromatic carbocycles. The van der Waals surface area contributed by atoms with Gasteiger partial charge in [-0.2, -0.15) is 4.98 Å². The molecule has 2 aliphatic rings. The number of aryl methyl sites for hydroxylation is 1. The lowest BCUT2D eigenvalue weighted by Gasteiger charge is -2.35. The topological polar surface area (TPSA) is 102 Å². The molecule has 1 amide bonds. The first-order valence-corrected chi connectivity index (χ1v) is 14.4. The Kier molecular flexibility index (Phi) is 7.56. The average Bonchev–Trinajstić information content (AvgIpc) is 3.73. The van der Waals surface area contributed by atoms with Crippen molar-refractivity contribution in [2.45, 2.75) is 64.0 Å². The van der Waals surface area contributed by atoms with Gasteiger partial charge in [-0.3, -0.25) is 4.79 Å². The summed E-state index contributed by atoms with van der Waals surface area (Å²) >= 11 is 0. The SMILES string of the molecule is CCn1c(-c2noc(CNC(=O)c3ccn(C4(C)CCOCC4)c3)n2)cc2c(N[C@@H]3CN(C)CC[C@@H]3F)cccc21. The molecule has 2 fully saturated rings. The number of carbonyl (C=O) groups excluding carboxylic acids is 1. The quantitative estimate of drug-likeness (QED) is 0.327. The molecule has 4 aromatic rings. The first-order valence-electron chi connectivity index (χ1n) is 14.4. The molecule has 2 atom stereocenters. The summed E-state index contributed by atoms with van der Waals surface area (Å²) < 4.78 is 30.0. The van der Waals surface area contributed by atoms with Crippen LogP contribution in [0, 0.1) is 0 Å². The van der Waals surface area contributed by atoms with Gasteiger partial charge in [0.2, 0.25) is 11.7 Å². The number of likely N-dealkylation sites (N-methyl/N-ethyl adjacent to an activating group) is 1. The molecule has 41 heavy (non-hydrogen) atoms. The highest BCUT2D eigenvalue weighted by atomic mass is 19.1. The number of anilines is 1. The molecule has 2 N–H and O–H groups in total. The molecule has 0 unspecified atom stereocenters. The number of carbonyl (C=O) groups is 1. The Morgan fingerprint density at radius 2 is 2.07 bits per heavy atom. The second kappa shape index (κ2) is 11.3. The molecule has 218 valence electrons. The molecule has 5 heterocycles. The number of aromatic nitrogens is 4. The number of halogens is 1. The van der Waals surface area contributed by atoms with Crippen LogP contribution in [0.3, 0.4) is 0 Å². The van der Waals surface area contributed by atoms with Crippen molar-refractivity contribution in [2.24, 2.45) is 0 Å². The van der Waals surface area contributed by atoms with Crippen molar-refractivity contribution in [1.29, 1.82) is 0 Å². The van der Waals surface area contributed by atoms with Crippen LogP contribution < -0.4 is 10.6 Å². The summed E-state index contributed by atoms with van der Waals surface area (Å²) in [6.07, 6.45) is 5.29. The standard InChI is InChI=1S/C30H38FN7O3/c1-4-38-25-7-5-6-23(33-24-19-36(3)12-9-22(24)31)21(25)16-26(38)28-34-27(41-35-28)17-32-29(39)20-8-13-37(18-20)30(2)10-14-40-15-11-30/h5-8,13,16,18,22,24,33H,4,9-12,14-15,17,19H2,1-3H3,(H,32,39)/t22-,24+/m0/s1. The molecule has 0 saturated carbocycles. The van der Waals surface area contributed by atoms with E-state index in [2.05, 4.69) is 48.7 Å². The summed E-state index contributed by atoms with van der Waals surface area (Å²) in [6, 6.07) is 9.59. The Hall–Kier alpha value is -3.70. The van der Waals surface area contributed by atoms with E-state index in [9.17, 15) is 9.18 Å². The van der Waals surface area contributed by atoms with Crippen molar-refractivity contribution in [3.05, 3.63) is 54.2 Å². The van der Waals surface area contributed by atoms with Crippen LogP contribution in [0.15, 0.2) is 47.2 Å². The molecule has 2 aliphatic heterocycles. The maximum atomic E-state index is 14.7. The van der Waals surface area contributed by atoms with E-state index >= 15 is 0 Å². The van der Waals surface area contributed by atoms with E-state index in [0.29, 0.717) is 36.8 Å². The van der Waals surface area contributed by atoms with Crippen molar-refractivity contribution in [3.63, 3.8) is 0 Å². The monoisotopic (exact) mass is 563 g/mol. The maximum Gasteiger partial charge on any atom is 0.253 e. The molecule has 3 aromatic heterocycles. The van der Waals surface area contributed by atoms with Gasteiger partial charge in [-0.05, 0) is 64.4 Å². The highest BCUT2D eigenvalue weighted by Gasteiger charge is 2.30. The summed E-state index contributed by atoms with van der Waals surface area (Å²) in [5.74, 6) is 0.565. The second-order valence-corrected chi connectivity index (χ2v) is 11.4. The number of alkyl halides is 1. The highest BCUT2D eigenvalue weighted by molar-refractivity contribution is 5.96. The fourth-order valence-corrected chi connectivity index (χ4v) is 5.98. The average molecular weight is 564 g/mol. The van der Waals surface area contributed by atoms with Crippen molar-refractivity contribution >= 4 is 22.5 Å². The van der Waals surface area contributed by atoms with E-state index in [0.717, 1.165) is 54.9 Å². The van der Waals surface area contributed by atoms with Gasteiger partial charge in [0, 0.05) is 61.9 Å². The summed E-state index contributed by atoms with van der Waals surface area (Å²) in [5.41, 5.74) is 3.23. The molecular weight excluding hydrogens is 525 g/mol. The molecule has 0 radical (unpaired) electrons. The number of rotatable bonds is 8. The number of ether oxygens (including phenoxy) is 1. The molecule has 2 saturated heterocycles. The van der Waals surface area contributed by atoms with Gasteiger partial charge in [-0.1, -0.05) is 11.2 Å². The van der Waals surface area contributed by atoms with Crippen LogP contribution in [-0.2, 0) is 23.4 Å². The molecule has 10 nitrogen and oxygen atoms in total. The Labute approximate surface area is 238 Å². The van der Waals surface area contributed by atoms with Gasteiger partial charge in [0.15, 0.2) is 0 Å². The largest absolute Gasteiger partial charge is 0.381 e. The van der Waals surface area contributed by atoms with Gasteiger partial charge in [-0.25, -0.2) is 4.39 Å². The number of likely N-dealkylation sites (tertiary alicyclic amines) is 1. The van der Waals surface area contributed by atoms with Gasteiger partial charge >= 0.3 is 0 Å². The number of nitrogens with one attached hydrogen (secondary N) is 2. The predicted molar refractivity (Wildman–Crippen MR) is 155 cm³/mol. The molecule has 0 spiro atoms. The normalized spacial score (nSPS) is 21.3. The minimum Gasteiger partial charge on any atom is -0.381 e. The fourth-order valence-electron chi connectivity index (χ4n) is 5.98. The Morgan fingerprint density at radius 1 is 1.24 bits per heavy atom. The fraction of sp³-hybridized carbons (Fsp3) is 0.500. The molecule has 6 rings (SSSR count). The number of benzene rings is 1. The third-order valence-corrected chi connectivity index (χ3v) is 8.58. The zero-order valence-electron chi connectivity index (χ0n) is 23.9. The minimum atomic E-state index is -0.896. The van der Waals surface area contributed by atoms with Crippen molar-refractivity contribution in [2.75, 3.05) is 38.7 Å². The van der Waals surface area contributed by atoms with E-state index in [-0.39, 0.29) is 24.0 Å². The number of fused-ring (bicyclic) bond motifs is 1. The Balaban J connectivity index is 1.17. The number of hydrogen-bond donors (Lipinski definition) is 2. The van der Waals surface area contributed by atoms with Crippen molar-refractivity contribution < 1.29 is 18.4 Å². The van der Waals surface area contributed by atoms with Crippen LogP contribution in [0.25, 0.3) is 22.4 Å². The predicted octanol–water partition coefficient (Wildman–Crippen LogP) is 4.42. The van der Waals surface area contributed by atoms with Crippen LogP contribution in [0.2, 0.25) is 0 Å². The van der Waals surface area contributed by atoms with E-state index in [4.69, 9.17) is 9.26 Å². The second-order valence-electron chi connectivity index (χ2n) is 11.4. The number of amides is 1. The number of nitrogens with zero attached hydrogens (tertiary/aromatic N) is 5. The summed E-state index contributed by atoms with van der Waals surface area (Å²) in [6.45, 7) is 7.93. The van der Waals surface area contributed by atoms with Crippen LogP contribution in [-0.4, -0.2) is 75.6 Å². The van der Waals surface area contributed by atoms with Crippen LogP contribution in [0.1, 0.15) is 49.4 Å². The van der Waals surface area contributed by atoms with Crippen LogP contribution >= 0.6 is 0 Å². The number of piperidine rings is 1. The molecular formula is C30H38FN7O3. The van der Waals surface area contributed by atoms with Gasteiger partial charge < -0.3 is 33.9 Å². The summed E-state index contributed by atoms with van der Waals surface area (Å²) in [4.78, 5) is 19.6. The Bertz CT molecular complexity index is 1520. The lowest BCUT2D eigenvalue weighted by atomic mass is 9.92. The smallest absolute Gasteiger partial charge is 0.253 e. The van der Waals surface area contributed by atoms with Gasteiger partial charge in [0.05, 0.1) is 29.4 Å². The van der Waals surface area contributed by atoms with E-state index in [1.165, 1.54) is 0 Å². The number of hydrogen-bond acceptors (Lipinski definition) is 7. The molecule has 0 bridgehead atoms. The lowest BCUT2D eigenvalue weighted by molar-refractivity contribution is 0.0296. The summed E-state index contributed by atoms with van der Waals surface area (Å²) in [7, 11) is 2.02. The maximum absolute atomic E-state index is 14.7. The van der Waals surface area contributed by atoms with Gasteiger partial charge in [-0.15, -0.1) is 0 Å². The van der Waals surface area contributed by atoms with Crippen LogP contribution in [0.4, 0.5) is 10.1 Å². The van der Waals surface area contributed by atoms with Crippen LogP contribution in [0.5, 0.6) is 0 Å². The minimum absolute atomic E-state index is 0.0500. The Morgan fingerprint density at radius 3 is 2.88 bits per heavy atom. The van der Waals surface area contributed by atoms with E-state index in [1.54, 1.807) is 0 Å². The molecule has 11 heteroatoms. The van der Waals surface area contributed by atoms with Crippen molar-refractivity contribution in [3.8, 4) is 11.5 Å². The van der Waals surface area contributed by atoms with E-state index in [1.807, 2.05) is 49.8 Å². The van der Waals surface area contributed by atoms with Gasteiger partial charge in [0.1, 0.15) is 6.17 Å². The van der Waals surface area contributed by atoms with Crippen molar-refractivity contribution in [1.82, 2.24) is 29.5 Å². The van der Waals surface area contributed by atoms with E-state index < -0.39 is 6.17 Å². The molecule has 0 aliphatic carbocycles. The third kappa shape index (κ3) is 5.48. The first kappa shape index (κ1) is 27.5. The first-order chi connectivity index (χ1) is 19.8. The lowest BCUT2D eigenvalue weighted by Crippen LogP contribution is -2.47. The zero-order chi connectivity index (χ0) is 28.6. The third-order valence-electron chi connectivity index (χ3n) is 8.58. The highest BCUT2D eigenvalue weighted by Crippen LogP contribution is 2.33. The zero-order valence-corrected chi connectivity index (χ0v) is 23.9. The summed E-state index contributed by atoms with van der Waals surface area (Å²) in [5, 5.41) is 11.5.